The van der Waals surface area contributed by atoms with Gasteiger partial charge in [0.15, 0.2) is 0 Å². The summed E-state index contributed by atoms with van der Waals surface area (Å²) in [6.45, 7) is 3.35. The Hall–Kier alpha value is -1.68. The van der Waals surface area contributed by atoms with Crippen LogP contribution in [0.15, 0.2) is 30.5 Å². The normalized spacial score (nSPS) is 26.6. The third-order valence-electron chi connectivity index (χ3n) is 4.36. The van der Waals surface area contributed by atoms with Crippen LogP contribution in [0.5, 0.6) is 0 Å². The summed E-state index contributed by atoms with van der Waals surface area (Å²) in [6, 6.07) is 8.71. The zero-order valence-electron chi connectivity index (χ0n) is 10.9. The summed E-state index contributed by atoms with van der Waals surface area (Å²) < 4.78 is 0. The maximum absolute atomic E-state index is 4.75. The first-order valence-corrected chi connectivity index (χ1v) is 7.10. The molecule has 1 aromatic carbocycles. The molecule has 0 bridgehead atoms. The van der Waals surface area contributed by atoms with E-state index in [2.05, 4.69) is 15.2 Å². The van der Waals surface area contributed by atoms with E-state index in [4.69, 9.17) is 4.98 Å². The summed E-state index contributed by atoms with van der Waals surface area (Å²) >= 11 is 0. The van der Waals surface area contributed by atoms with Crippen LogP contribution in [-0.4, -0.2) is 35.6 Å². The summed E-state index contributed by atoms with van der Waals surface area (Å²) in [5.41, 5.74) is 1.96. The number of nitrogens with zero attached hydrogens (tertiary/aromatic N) is 3. The lowest BCUT2D eigenvalue weighted by molar-refractivity contribution is 0.340. The van der Waals surface area contributed by atoms with Crippen molar-refractivity contribution in [3.05, 3.63) is 30.5 Å². The molecule has 2 aliphatic heterocycles. The van der Waals surface area contributed by atoms with Crippen LogP contribution in [0.3, 0.4) is 0 Å². The largest absolute Gasteiger partial charge is 0.353 e. The molecule has 98 valence electrons. The lowest BCUT2D eigenvalue weighted by Crippen LogP contribution is -2.40. The van der Waals surface area contributed by atoms with E-state index in [9.17, 15) is 0 Å². The van der Waals surface area contributed by atoms with Crippen LogP contribution in [0.25, 0.3) is 11.0 Å². The van der Waals surface area contributed by atoms with Crippen molar-refractivity contribution in [2.75, 3.05) is 24.5 Å². The van der Waals surface area contributed by atoms with Crippen LogP contribution in [0.4, 0.5) is 5.82 Å². The minimum atomic E-state index is 0.641. The molecule has 2 atom stereocenters. The van der Waals surface area contributed by atoms with Gasteiger partial charge in [-0.25, -0.2) is 4.98 Å². The summed E-state index contributed by atoms with van der Waals surface area (Å²) in [5.74, 6) is 1.80. The lowest BCUT2D eigenvalue weighted by Gasteiger charge is -2.24. The van der Waals surface area contributed by atoms with E-state index in [1.165, 1.54) is 19.4 Å². The summed E-state index contributed by atoms with van der Waals surface area (Å²) in [4.78, 5) is 11.7. The first-order valence-electron chi connectivity index (χ1n) is 7.10. The molecule has 2 aliphatic rings. The van der Waals surface area contributed by atoms with Crippen molar-refractivity contribution in [1.82, 2.24) is 15.3 Å². The molecular formula is C15H18N4. The summed E-state index contributed by atoms with van der Waals surface area (Å²) in [7, 11) is 0. The van der Waals surface area contributed by atoms with Crippen LogP contribution in [0, 0.1) is 5.92 Å². The average Bonchev–Trinajstić information content (AvgIpc) is 2.90. The minimum absolute atomic E-state index is 0.641. The number of piperidine rings is 1. The molecule has 0 saturated carbocycles. The molecule has 2 fully saturated rings. The molecule has 4 nitrogen and oxygen atoms in total. The zero-order valence-corrected chi connectivity index (χ0v) is 10.9. The quantitative estimate of drug-likeness (QED) is 0.843. The monoisotopic (exact) mass is 254 g/mol. The van der Waals surface area contributed by atoms with Crippen molar-refractivity contribution in [3.63, 3.8) is 0 Å². The molecule has 0 amide bonds. The highest BCUT2D eigenvalue weighted by atomic mass is 15.2. The molecule has 0 radical (unpaired) electrons. The van der Waals surface area contributed by atoms with Crippen molar-refractivity contribution in [2.45, 2.75) is 18.9 Å². The molecule has 2 aromatic rings. The molecule has 1 N–H and O–H groups in total. The molecule has 4 rings (SSSR count). The number of aromatic nitrogens is 2. The van der Waals surface area contributed by atoms with Gasteiger partial charge in [0.25, 0.3) is 0 Å². The highest BCUT2D eigenvalue weighted by molar-refractivity contribution is 5.75. The zero-order chi connectivity index (χ0) is 12.7. The van der Waals surface area contributed by atoms with E-state index in [0.717, 1.165) is 35.9 Å². The van der Waals surface area contributed by atoms with Crippen molar-refractivity contribution in [3.8, 4) is 0 Å². The van der Waals surface area contributed by atoms with Crippen LogP contribution < -0.4 is 10.2 Å². The Morgan fingerprint density at radius 1 is 1.16 bits per heavy atom. The maximum atomic E-state index is 4.75. The van der Waals surface area contributed by atoms with Gasteiger partial charge in [-0.05, 0) is 37.4 Å². The lowest BCUT2D eigenvalue weighted by atomic mass is 9.94. The fourth-order valence-corrected chi connectivity index (χ4v) is 3.33. The Morgan fingerprint density at radius 3 is 2.95 bits per heavy atom. The van der Waals surface area contributed by atoms with Crippen molar-refractivity contribution in [2.24, 2.45) is 5.92 Å². The number of anilines is 1. The summed E-state index contributed by atoms with van der Waals surface area (Å²) in [6.07, 6.45) is 4.56. The Morgan fingerprint density at radius 2 is 2.05 bits per heavy atom. The van der Waals surface area contributed by atoms with Gasteiger partial charge in [0.2, 0.25) is 0 Å². The van der Waals surface area contributed by atoms with Crippen molar-refractivity contribution >= 4 is 16.9 Å². The Labute approximate surface area is 112 Å². The second-order valence-corrected chi connectivity index (χ2v) is 5.58. The van der Waals surface area contributed by atoms with E-state index in [0.29, 0.717) is 6.04 Å². The van der Waals surface area contributed by atoms with E-state index in [-0.39, 0.29) is 0 Å². The van der Waals surface area contributed by atoms with Crippen LogP contribution in [-0.2, 0) is 0 Å². The standard InChI is InChI=1S/C15H18N4/c1-2-6-13-12(5-1)17-8-15(18-13)19-9-11-4-3-7-16-14(11)10-19/h1-2,5-6,8,11,14,16H,3-4,7,9-10H2/t11-,14+/m0/s1. The Bertz CT molecular complexity index is 583. The van der Waals surface area contributed by atoms with Gasteiger partial charge in [-0.15, -0.1) is 0 Å². The molecule has 4 heteroatoms. The smallest absolute Gasteiger partial charge is 0.147 e. The predicted octanol–water partition coefficient (Wildman–Crippen LogP) is 1.82. The number of nitrogens with one attached hydrogen (secondary N) is 1. The second-order valence-electron chi connectivity index (χ2n) is 5.58. The molecule has 0 unspecified atom stereocenters. The van der Waals surface area contributed by atoms with E-state index >= 15 is 0 Å². The van der Waals surface area contributed by atoms with Gasteiger partial charge >= 0.3 is 0 Å². The SMILES string of the molecule is c1ccc2nc(N3C[C@@H]4CCCN[C@@H]4C3)cnc2c1. The Kier molecular flexibility index (Phi) is 2.62. The van der Waals surface area contributed by atoms with E-state index in [1.54, 1.807) is 0 Å². The number of rotatable bonds is 1. The highest BCUT2D eigenvalue weighted by Crippen LogP contribution is 2.28. The van der Waals surface area contributed by atoms with Gasteiger partial charge in [-0.1, -0.05) is 12.1 Å². The number of hydrogen-bond donors (Lipinski definition) is 1. The fourth-order valence-electron chi connectivity index (χ4n) is 3.33. The first-order chi connectivity index (χ1) is 9.40. The molecule has 3 heterocycles. The van der Waals surface area contributed by atoms with Crippen LogP contribution >= 0.6 is 0 Å². The number of benzene rings is 1. The molecule has 0 aliphatic carbocycles. The maximum Gasteiger partial charge on any atom is 0.147 e. The van der Waals surface area contributed by atoms with Gasteiger partial charge in [0, 0.05) is 19.1 Å². The first kappa shape index (κ1) is 11.2. The van der Waals surface area contributed by atoms with Crippen LogP contribution in [0.1, 0.15) is 12.8 Å². The number of fused-ring (bicyclic) bond motifs is 2. The van der Waals surface area contributed by atoms with Gasteiger partial charge in [0.1, 0.15) is 5.82 Å². The van der Waals surface area contributed by atoms with E-state index < -0.39 is 0 Å². The third-order valence-corrected chi connectivity index (χ3v) is 4.36. The van der Waals surface area contributed by atoms with Crippen LogP contribution in [0.2, 0.25) is 0 Å². The number of hydrogen-bond acceptors (Lipinski definition) is 4. The van der Waals surface area contributed by atoms with E-state index in [1.807, 2.05) is 30.5 Å². The van der Waals surface area contributed by atoms with Crippen molar-refractivity contribution < 1.29 is 0 Å². The topological polar surface area (TPSA) is 41.1 Å². The average molecular weight is 254 g/mol. The molecular weight excluding hydrogens is 236 g/mol. The second kappa shape index (κ2) is 4.46. The third kappa shape index (κ3) is 1.96. The molecule has 2 saturated heterocycles. The highest BCUT2D eigenvalue weighted by Gasteiger charge is 2.34. The fraction of sp³-hybridized carbons (Fsp3) is 0.467. The van der Waals surface area contributed by atoms with Gasteiger partial charge in [0.05, 0.1) is 17.2 Å². The Balaban J connectivity index is 1.64. The van der Waals surface area contributed by atoms with Gasteiger partial charge in [-0.3, -0.25) is 4.98 Å². The predicted molar refractivity (Wildman–Crippen MR) is 76.3 cm³/mol. The summed E-state index contributed by atoms with van der Waals surface area (Å²) in [5, 5.41) is 3.63. The number of para-hydroxylation sites is 2. The van der Waals surface area contributed by atoms with Crippen molar-refractivity contribution in [1.29, 1.82) is 0 Å². The molecule has 19 heavy (non-hydrogen) atoms. The minimum Gasteiger partial charge on any atom is -0.353 e. The van der Waals surface area contributed by atoms with Gasteiger partial charge in [-0.2, -0.15) is 0 Å². The van der Waals surface area contributed by atoms with Gasteiger partial charge < -0.3 is 10.2 Å². The molecule has 1 aromatic heterocycles. The molecule has 0 spiro atoms.